The van der Waals surface area contributed by atoms with Gasteiger partial charge in [0.15, 0.2) is 0 Å². The molecule has 1 aromatic heterocycles. The van der Waals surface area contributed by atoms with Crippen molar-refractivity contribution in [2.45, 2.75) is 25.8 Å². The molecule has 0 aliphatic rings. The number of hydrogen-bond donors (Lipinski definition) is 2. The van der Waals surface area contributed by atoms with E-state index in [9.17, 15) is 4.79 Å². The van der Waals surface area contributed by atoms with Crippen LogP contribution in [0.5, 0.6) is 0 Å². The maximum Gasteiger partial charge on any atom is 0.241 e. The van der Waals surface area contributed by atoms with Crippen LogP contribution in [0.2, 0.25) is 0 Å². The number of likely N-dealkylation sites (N-methyl/N-ethyl adjacent to an activating group) is 1. The van der Waals surface area contributed by atoms with E-state index in [0.29, 0.717) is 6.54 Å². The number of rotatable bonds is 7. The monoisotopic (exact) mass is 300 g/mol. The molecule has 0 saturated heterocycles. The highest BCUT2D eigenvalue weighted by Gasteiger charge is 2.19. The van der Waals surface area contributed by atoms with Crippen LogP contribution in [-0.4, -0.2) is 29.3 Å². The van der Waals surface area contributed by atoms with Crippen LogP contribution >= 0.6 is 0 Å². The van der Waals surface area contributed by atoms with Crippen LogP contribution in [-0.2, 0) is 24.7 Å². The Morgan fingerprint density at radius 3 is 2.50 bits per heavy atom. The molecule has 1 aromatic carbocycles. The fourth-order valence-electron chi connectivity index (χ4n) is 2.41. The van der Waals surface area contributed by atoms with E-state index in [1.165, 1.54) is 11.1 Å². The van der Waals surface area contributed by atoms with E-state index in [-0.39, 0.29) is 11.9 Å². The van der Waals surface area contributed by atoms with Crippen molar-refractivity contribution in [2.75, 3.05) is 13.6 Å². The molecule has 5 nitrogen and oxygen atoms in total. The Labute approximate surface area is 131 Å². The lowest BCUT2D eigenvalue weighted by Crippen LogP contribution is -2.36. The summed E-state index contributed by atoms with van der Waals surface area (Å²) in [7, 11) is 3.62. The van der Waals surface area contributed by atoms with Gasteiger partial charge in [0, 0.05) is 25.4 Å². The van der Waals surface area contributed by atoms with Crippen molar-refractivity contribution in [1.82, 2.24) is 20.4 Å². The van der Waals surface area contributed by atoms with Crippen LogP contribution in [0.15, 0.2) is 36.7 Å². The predicted molar refractivity (Wildman–Crippen MR) is 87.5 cm³/mol. The Hall–Kier alpha value is -2.14. The quantitative estimate of drug-likeness (QED) is 0.816. The van der Waals surface area contributed by atoms with Crippen molar-refractivity contribution in [2.24, 2.45) is 7.05 Å². The second-order valence-corrected chi connectivity index (χ2v) is 5.38. The third-order valence-corrected chi connectivity index (χ3v) is 3.75. The minimum atomic E-state index is -0.365. The zero-order valence-corrected chi connectivity index (χ0v) is 13.5. The van der Waals surface area contributed by atoms with Crippen molar-refractivity contribution in [1.29, 1.82) is 0 Å². The molecular formula is C17H24N4O. The summed E-state index contributed by atoms with van der Waals surface area (Å²) < 4.78 is 1.70. The molecule has 0 saturated carbocycles. The average Bonchev–Trinajstić information content (AvgIpc) is 2.95. The van der Waals surface area contributed by atoms with Gasteiger partial charge in [0.25, 0.3) is 0 Å². The van der Waals surface area contributed by atoms with Crippen LogP contribution in [0, 0.1) is 0 Å². The molecule has 0 aliphatic carbocycles. The van der Waals surface area contributed by atoms with Gasteiger partial charge >= 0.3 is 0 Å². The van der Waals surface area contributed by atoms with Crippen LogP contribution in [0.25, 0.3) is 0 Å². The second-order valence-electron chi connectivity index (χ2n) is 5.38. The van der Waals surface area contributed by atoms with Gasteiger partial charge in [0.1, 0.15) is 6.04 Å². The smallest absolute Gasteiger partial charge is 0.241 e. The molecule has 1 unspecified atom stereocenters. The Balaban J connectivity index is 1.85. The summed E-state index contributed by atoms with van der Waals surface area (Å²) >= 11 is 0. The Kier molecular flexibility index (Phi) is 5.72. The number of carbonyl (C=O) groups excluding carboxylic acids is 1. The molecule has 1 atom stereocenters. The van der Waals surface area contributed by atoms with Crippen molar-refractivity contribution in [3.8, 4) is 0 Å². The standard InChI is InChI=1S/C17H24N4O/c1-4-13-5-7-14(8-6-13)9-10-19-17(22)16(18-2)15-11-20-21(3)12-15/h5-8,11-12,16,18H,4,9-10H2,1-3H3,(H,19,22). The molecule has 22 heavy (non-hydrogen) atoms. The Bertz CT molecular complexity index is 603. The zero-order valence-electron chi connectivity index (χ0n) is 13.5. The normalized spacial score (nSPS) is 12.1. The Morgan fingerprint density at radius 2 is 1.95 bits per heavy atom. The van der Waals surface area contributed by atoms with Crippen molar-refractivity contribution in [3.63, 3.8) is 0 Å². The van der Waals surface area contributed by atoms with Gasteiger partial charge in [-0.05, 0) is 31.0 Å². The highest BCUT2D eigenvalue weighted by molar-refractivity contribution is 5.83. The van der Waals surface area contributed by atoms with Crippen LogP contribution < -0.4 is 10.6 Å². The predicted octanol–water partition coefficient (Wildman–Crippen LogP) is 1.60. The zero-order chi connectivity index (χ0) is 15.9. The first-order chi connectivity index (χ1) is 10.6. The number of carbonyl (C=O) groups is 1. The largest absolute Gasteiger partial charge is 0.354 e. The molecule has 2 aromatic rings. The summed E-state index contributed by atoms with van der Waals surface area (Å²) in [4.78, 5) is 12.3. The molecule has 2 rings (SSSR count). The molecule has 0 fully saturated rings. The van der Waals surface area contributed by atoms with Crippen molar-refractivity contribution < 1.29 is 4.79 Å². The lowest BCUT2D eigenvalue weighted by molar-refractivity contribution is -0.123. The van der Waals surface area contributed by atoms with Crippen molar-refractivity contribution in [3.05, 3.63) is 53.3 Å². The van der Waals surface area contributed by atoms with Crippen LogP contribution in [0.1, 0.15) is 29.7 Å². The van der Waals surface area contributed by atoms with E-state index >= 15 is 0 Å². The SMILES string of the molecule is CCc1ccc(CCNC(=O)C(NC)c2cnn(C)c2)cc1. The number of amides is 1. The minimum Gasteiger partial charge on any atom is -0.354 e. The van der Waals surface area contributed by atoms with Gasteiger partial charge in [-0.25, -0.2) is 0 Å². The van der Waals surface area contributed by atoms with E-state index in [4.69, 9.17) is 0 Å². The van der Waals surface area contributed by atoms with Gasteiger partial charge in [-0.3, -0.25) is 9.48 Å². The summed E-state index contributed by atoms with van der Waals surface area (Å²) in [5, 5.41) is 10.1. The molecule has 118 valence electrons. The van der Waals surface area contributed by atoms with Crippen LogP contribution in [0.4, 0.5) is 0 Å². The maximum atomic E-state index is 12.3. The van der Waals surface area contributed by atoms with E-state index in [1.807, 2.05) is 13.2 Å². The second kappa shape index (κ2) is 7.75. The molecule has 0 radical (unpaired) electrons. The lowest BCUT2D eigenvalue weighted by Gasteiger charge is -2.14. The van der Waals surface area contributed by atoms with E-state index in [0.717, 1.165) is 18.4 Å². The topological polar surface area (TPSA) is 59.0 Å². The first-order valence-electron chi connectivity index (χ1n) is 7.65. The summed E-state index contributed by atoms with van der Waals surface area (Å²) in [6.45, 7) is 2.77. The summed E-state index contributed by atoms with van der Waals surface area (Å²) in [6.07, 6.45) is 5.44. The van der Waals surface area contributed by atoms with Gasteiger partial charge in [0.2, 0.25) is 5.91 Å². The highest BCUT2D eigenvalue weighted by Crippen LogP contribution is 2.11. The maximum absolute atomic E-state index is 12.3. The first kappa shape index (κ1) is 16.2. The molecule has 1 heterocycles. The number of benzene rings is 1. The van der Waals surface area contributed by atoms with Gasteiger partial charge in [-0.2, -0.15) is 5.10 Å². The van der Waals surface area contributed by atoms with Gasteiger partial charge in [-0.15, -0.1) is 0 Å². The fraction of sp³-hybridized carbons (Fsp3) is 0.412. The third kappa shape index (κ3) is 4.18. The average molecular weight is 300 g/mol. The summed E-state index contributed by atoms with van der Waals surface area (Å²) in [5.74, 6) is -0.0271. The van der Waals surface area contributed by atoms with E-state index < -0.39 is 0 Å². The number of aryl methyl sites for hydroxylation is 2. The van der Waals surface area contributed by atoms with Gasteiger partial charge < -0.3 is 10.6 Å². The molecule has 0 spiro atoms. The number of hydrogen-bond acceptors (Lipinski definition) is 3. The third-order valence-electron chi connectivity index (χ3n) is 3.75. The van der Waals surface area contributed by atoms with Gasteiger partial charge in [-0.1, -0.05) is 31.2 Å². The van der Waals surface area contributed by atoms with Crippen molar-refractivity contribution >= 4 is 5.91 Å². The summed E-state index contributed by atoms with van der Waals surface area (Å²) in [5.41, 5.74) is 3.44. The molecule has 0 bridgehead atoms. The first-order valence-corrected chi connectivity index (χ1v) is 7.65. The molecule has 2 N–H and O–H groups in total. The summed E-state index contributed by atoms with van der Waals surface area (Å²) in [6, 6.07) is 8.17. The fourth-order valence-corrected chi connectivity index (χ4v) is 2.41. The number of aromatic nitrogens is 2. The van der Waals surface area contributed by atoms with E-state index in [1.54, 1.807) is 17.9 Å². The molecule has 1 amide bonds. The minimum absolute atomic E-state index is 0.0271. The number of nitrogens with one attached hydrogen (secondary N) is 2. The van der Waals surface area contributed by atoms with Crippen LogP contribution in [0.3, 0.4) is 0 Å². The molecule has 5 heteroatoms. The number of nitrogens with zero attached hydrogens (tertiary/aromatic N) is 2. The lowest BCUT2D eigenvalue weighted by atomic mass is 10.1. The molecule has 0 aliphatic heterocycles. The van der Waals surface area contributed by atoms with Gasteiger partial charge in [0.05, 0.1) is 6.20 Å². The Morgan fingerprint density at radius 1 is 1.27 bits per heavy atom. The highest BCUT2D eigenvalue weighted by atomic mass is 16.2. The molecular weight excluding hydrogens is 276 g/mol. The van der Waals surface area contributed by atoms with E-state index in [2.05, 4.69) is 46.9 Å².